The fourth-order valence-corrected chi connectivity index (χ4v) is 4.56. The lowest BCUT2D eigenvalue weighted by molar-refractivity contribution is -0.125. The first-order valence-electron chi connectivity index (χ1n) is 9.84. The summed E-state index contributed by atoms with van der Waals surface area (Å²) in [4.78, 5) is 21.8. The van der Waals surface area contributed by atoms with E-state index in [2.05, 4.69) is 29.0 Å². The second-order valence-corrected chi connectivity index (χ2v) is 7.92. The molecule has 1 saturated heterocycles. The first-order valence-corrected chi connectivity index (χ1v) is 10.7. The molecule has 0 saturated carbocycles. The molecule has 1 aliphatic rings. The highest BCUT2D eigenvalue weighted by molar-refractivity contribution is 7.22. The monoisotopic (exact) mass is 390 g/mol. The quantitative estimate of drug-likeness (QED) is 0.751. The smallest absolute Gasteiger partial charge is 0.223 e. The summed E-state index contributed by atoms with van der Waals surface area (Å²) in [6.07, 6.45) is 1.77. The maximum Gasteiger partial charge on any atom is 0.223 e. The van der Waals surface area contributed by atoms with Crippen LogP contribution in [0.3, 0.4) is 0 Å². The largest absolute Gasteiger partial charge is 0.497 e. The van der Waals surface area contributed by atoms with Crippen molar-refractivity contribution in [3.63, 3.8) is 0 Å². The molecule has 0 aliphatic carbocycles. The summed E-state index contributed by atoms with van der Waals surface area (Å²) >= 11 is 1.69. The third kappa shape index (κ3) is 4.90. The van der Waals surface area contributed by atoms with Gasteiger partial charge in [-0.05, 0) is 44.1 Å². The molecule has 3 rings (SSSR count). The number of likely N-dealkylation sites (N-methyl/N-ethyl adjacent to an activating group) is 1. The number of ether oxygens (including phenoxy) is 1. The van der Waals surface area contributed by atoms with Crippen molar-refractivity contribution in [2.24, 2.45) is 5.92 Å². The zero-order chi connectivity index (χ0) is 19.2. The number of thiazole rings is 1. The Morgan fingerprint density at radius 2 is 2.07 bits per heavy atom. The van der Waals surface area contributed by atoms with Gasteiger partial charge in [0, 0.05) is 32.1 Å². The number of hydrogen-bond donors (Lipinski definition) is 1. The number of aromatic nitrogens is 1. The molecule has 7 heteroatoms. The molecule has 0 radical (unpaired) electrons. The summed E-state index contributed by atoms with van der Waals surface area (Å²) in [6.45, 7) is 9.78. The van der Waals surface area contributed by atoms with E-state index < -0.39 is 0 Å². The molecular weight excluding hydrogens is 360 g/mol. The molecule has 0 bridgehead atoms. The summed E-state index contributed by atoms with van der Waals surface area (Å²) in [5.41, 5.74) is 1.01. The number of fused-ring (bicyclic) bond motifs is 1. The van der Waals surface area contributed by atoms with Gasteiger partial charge in [0.05, 0.1) is 17.3 Å². The van der Waals surface area contributed by atoms with E-state index in [1.165, 1.54) is 0 Å². The number of hydrogen-bond acceptors (Lipinski definition) is 6. The minimum absolute atomic E-state index is 0.118. The van der Waals surface area contributed by atoms with Crippen molar-refractivity contribution in [1.82, 2.24) is 15.2 Å². The Balaban J connectivity index is 1.50. The lowest BCUT2D eigenvalue weighted by atomic mass is 9.96. The lowest BCUT2D eigenvalue weighted by Gasteiger charge is -2.31. The highest BCUT2D eigenvalue weighted by Gasteiger charge is 2.26. The number of rotatable bonds is 8. The number of anilines is 1. The molecule has 0 unspecified atom stereocenters. The van der Waals surface area contributed by atoms with Crippen LogP contribution >= 0.6 is 11.3 Å². The van der Waals surface area contributed by atoms with Crippen molar-refractivity contribution < 1.29 is 9.53 Å². The Hall–Kier alpha value is -1.86. The van der Waals surface area contributed by atoms with Crippen LogP contribution in [-0.4, -0.2) is 62.2 Å². The predicted octanol–water partition coefficient (Wildman–Crippen LogP) is 2.98. The van der Waals surface area contributed by atoms with Crippen LogP contribution in [0.5, 0.6) is 5.75 Å². The van der Waals surface area contributed by atoms with Crippen LogP contribution in [0, 0.1) is 5.92 Å². The fraction of sp³-hybridized carbons (Fsp3) is 0.600. The number of piperidine rings is 1. The van der Waals surface area contributed by atoms with E-state index in [0.29, 0.717) is 0 Å². The molecule has 2 heterocycles. The number of carbonyl (C=O) groups is 1. The van der Waals surface area contributed by atoms with Gasteiger partial charge in [-0.1, -0.05) is 25.2 Å². The molecule has 1 aromatic heterocycles. The van der Waals surface area contributed by atoms with Gasteiger partial charge in [-0.25, -0.2) is 4.98 Å². The van der Waals surface area contributed by atoms with Crippen LogP contribution in [0.15, 0.2) is 18.2 Å². The number of amides is 1. The molecule has 1 amide bonds. The SMILES string of the molecule is CCN(CC)CCNC(=O)C1CCN(c2nc3ccc(OC)cc3s2)CC1. The molecule has 1 N–H and O–H groups in total. The van der Waals surface area contributed by atoms with Crippen LogP contribution in [0.25, 0.3) is 10.2 Å². The zero-order valence-electron chi connectivity index (χ0n) is 16.5. The predicted molar refractivity (Wildman–Crippen MR) is 112 cm³/mol. The van der Waals surface area contributed by atoms with E-state index in [-0.39, 0.29) is 11.8 Å². The topological polar surface area (TPSA) is 57.7 Å². The number of carbonyl (C=O) groups excluding carboxylic acids is 1. The Labute approximate surface area is 165 Å². The van der Waals surface area contributed by atoms with Crippen molar-refractivity contribution in [3.8, 4) is 5.75 Å². The summed E-state index contributed by atoms with van der Waals surface area (Å²) < 4.78 is 6.44. The van der Waals surface area contributed by atoms with Crippen LogP contribution < -0.4 is 15.0 Å². The molecular formula is C20H30N4O2S. The molecule has 1 aromatic carbocycles. The average molecular weight is 391 g/mol. The van der Waals surface area contributed by atoms with Gasteiger partial charge in [-0.15, -0.1) is 0 Å². The summed E-state index contributed by atoms with van der Waals surface area (Å²) in [6, 6.07) is 5.98. The normalized spacial score (nSPS) is 15.5. The Morgan fingerprint density at radius 1 is 1.33 bits per heavy atom. The average Bonchev–Trinajstić information content (AvgIpc) is 3.14. The van der Waals surface area contributed by atoms with E-state index in [1.807, 2.05) is 18.2 Å². The van der Waals surface area contributed by atoms with Crippen molar-refractivity contribution in [1.29, 1.82) is 0 Å². The lowest BCUT2D eigenvalue weighted by Crippen LogP contribution is -2.42. The van der Waals surface area contributed by atoms with Crippen molar-refractivity contribution in [2.45, 2.75) is 26.7 Å². The number of benzene rings is 1. The van der Waals surface area contributed by atoms with Gasteiger partial charge < -0.3 is 19.9 Å². The molecule has 0 spiro atoms. The Bertz CT molecular complexity index is 752. The highest BCUT2D eigenvalue weighted by Crippen LogP contribution is 2.33. The van der Waals surface area contributed by atoms with Crippen LogP contribution in [0.2, 0.25) is 0 Å². The van der Waals surface area contributed by atoms with Crippen molar-refractivity contribution in [3.05, 3.63) is 18.2 Å². The maximum absolute atomic E-state index is 12.4. The molecule has 148 valence electrons. The van der Waals surface area contributed by atoms with E-state index >= 15 is 0 Å². The highest BCUT2D eigenvalue weighted by atomic mass is 32.1. The number of nitrogens with zero attached hydrogens (tertiary/aromatic N) is 3. The number of nitrogens with one attached hydrogen (secondary N) is 1. The molecule has 27 heavy (non-hydrogen) atoms. The van der Waals surface area contributed by atoms with Gasteiger partial charge >= 0.3 is 0 Å². The summed E-state index contributed by atoms with van der Waals surface area (Å²) in [5, 5.41) is 4.15. The summed E-state index contributed by atoms with van der Waals surface area (Å²) in [7, 11) is 1.68. The van der Waals surface area contributed by atoms with Gasteiger partial charge in [-0.2, -0.15) is 0 Å². The third-order valence-electron chi connectivity index (χ3n) is 5.34. The van der Waals surface area contributed by atoms with E-state index in [9.17, 15) is 4.79 Å². The van der Waals surface area contributed by atoms with Crippen molar-refractivity contribution in [2.75, 3.05) is 51.3 Å². The zero-order valence-corrected chi connectivity index (χ0v) is 17.3. The van der Waals surface area contributed by atoms with E-state index in [4.69, 9.17) is 9.72 Å². The van der Waals surface area contributed by atoms with Gasteiger partial charge in [0.1, 0.15) is 5.75 Å². The van der Waals surface area contributed by atoms with Crippen LogP contribution in [0.4, 0.5) is 5.13 Å². The van der Waals surface area contributed by atoms with Crippen molar-refractivity contribution >= 4 is 32.6 Å². The minimum atomic E-state index is 0.118. The molecule has 1 aliphatic heterocycles. The number of methoxy groups -OCH3 is 1. The van der Waals surface area contributed by atoms with Gasteiger partial charge in [0.2, 0.25) is 5.91 Å². The standard InChI is InChI=1S/C20H30N4O2S/c1-4-23(5-2)13-10-21-19(25)15-8-11-24(12-9-15)20-22-17-7-6-16(26-3)14-18(17)27-20/h6-7,14-15H,4-5,8-13H2,1-3H3,(H,21,25). The van der Waals surface area contributed by atoms with E-state index in [1.54, 1.807) is 18.4 Å². The van der Waals surface area contributed by atoms with Crippen LogP contribution in [0.1, 0.15) is 26.7 Å². The maximum atomic E-state index is 12.4. The Kier molecular flexibility index (Phi) is 6.90. The summed E-state index contributed by atoms with van der Waals surface area (Å²) in [5.74, 6) is 1.18. The molecule has 1 fully saturated rings. The van der Waals surface area contributed by atoms with Gasteiger partial charge in [0.15, 0.2) is 5.13 Å². The molecule has 0 atom stereocenters. The second-order valence-electron chi connectivity index (χ2n) is 6.91. The molecule has 6 nitrogen and oxygen atoms in total. The fourth-order valence-electron chi connectivity index (χ4n) is 3.51. The minimum Gasteiger partial charge on any atom is -0.497 e. The Morgan fingerprint density at radius 3 is 2.74 bits per heavy atom. The van der Waals surface area contributed by atoms with Gasteiger partial charge in [-0.3, -0.25) is 4.79 Å². The third-order valence-corrected chi connectivity index (χ3v) is 6.42. The van der Waals surface area contributed by atoms with Gasteiger partial charge in [0.25, 0.3) is 0 Å². The first kappa shape index (κ1) is 19.9. The first-order chi connectivity index (χ1) is 13.1. The second kappa shape index (κ2) is 9.37. The van der Waals surface area contributed by atoms with E-state index in [0.717, 1.165) is 73.2 Å². The molecule has 2 aromatic rings. The van der Waals surface area contributed by atoms with Crippen LogP contribution in [-0.2, 0) is 4.79 Å².